The van der Waals surface area contributed by atoms with Gasteiger partial charge in [0.1, 0.15) is 0 Å². The van der Waals surface area contributed by atoms with Crippen molar-refractivity contribution in [1.82, 2.24) is 0 Å². The molecule has 2 rings (SSSR count). The lowest BCUT2D eigenvalue weighted by atomic mass is 9.70. The van der Waals surface area contributed by atoms with Crippen molar-refractivity contribution in [2.24, 2.45) is 17.6 Å². The Balaban J connectivity index is 2.08. The zero-order chi connectivity index (χ0) is 9.47. The summed E-state index contributed by atoms with van der Waals surface area (Å²) in [6.45, 7) is 5.56. The summed E-state index contributed by atoms with van der Waals surface area (Å²) in [5, 5.41) is 0. The third-order valence-electron chi connectivity index (χ3n) is 4.16. The number of nitrogens with two attached hydrogens (primary N) is 1. The third kappa shape index (κ3) is 1.50. The van der Waals surface area contributed by atoms with Crippen LogP contribution in [-0.2, 0) is 4.74 Å². The molecule has 0 radical (unpaired) electrons. The minimum atomic E-state index is 0.0614. The van der Waals surface area contributed by atoms with Gasteiger partial charge in [-0.3, -0.25) is 0 Å². The van der Waals surface area contributed by atoms with E-state index in [1.165, 1.54) is 19.3 Å². The van der Waals surface area contributed by atoms with E-state index in [0.29, 0.717) is 6.04 Å². The van der Waals surface area contributed by atoms with Crippen molar-refractivity contribution >= 4 is 0 Å². The van der Waals surface area contributed by atoms with Gasteiger partial charge in [0.05, 0.1) is 5.60 Å². The Bertz CT molecular complexity index is 195. The highest BCUT2D eigenvalue weighted by atomic mass is 16.5. The summed E-state index contributed by atoms with van der Waals surface area (Å²) in [5.41, 5.74) is 6.19. The largest absolute Gasteiger partial charge is 0.373 e. The predicted molar refractivity (Wildman–Crippen MR) is 53.5 cm³/mol. The van der Waals surface area contributed by atoms with Crippen molar-refractivity contribution in [3.8, 4) is 0 Å². The first-order chi connectivity index (χ1) is 6.14. The van der Waals surface area contributed by atoms with E-state index in [4.69, 9.17) is 10.5 Å². The first kappa shape index (κ1) is 9.47. The van der Waals surface area contributed by atoms with Crippen LogP contribution in [0.5, 0.6) is 0 Å². The first-order valence-corrected chi connectivity index (χ1v) is 5.53. The second-order valence-electron chi connectivity index (χ2n) is 5.01. The van der Waals surface area contributed by atoms with Crippen molar-refractivity contribution in [3.63, 3.8) is 0 Å². The van der Waals surface area contributed by atoms with Crippen molar-refractivity contribution in [1.29, 1.82) is 0 Å². The predicted octanol–water partition coefficient (Wildman–Crippen LogP) is 1.93. The molecule has 13 heavy (non-hydrogen) atoms. The minimum Gasteiger partial charge on any atom is -0.373 e. The topological polar surface area (TPSA) is 35.2 Å². The van der Waals surface area contributed by atoms with E-state index >= 15 is 0 Å². The summed E-state index contributed by atoms with van der Waals surface area (Å²) >= 11 is 0. The van der Waals surface area contributed by atoms with Gasteiger partial charge < -0.3 is 10.5 Å². The molecule has 0 aromatic carbocycles. The molecule has 1 aliphatic heterocycles. The summed E-state index contributed by atoms with van der Waals surface area (Å²) in [7, 11) is 0. The molecule has 1 heterocycles. The Morgan fingerprint density at radius 2 is 2.00 bits per heavy atom. The van der Waals surface area contributed by atoms with E-state index in [1.807, 2.05) is 0 Å². The van der Waals surface area contributed by atoms with Crippen LogP contribution in [0, 0.1) is 11.8 Å². The zero-order valence-corrected chi connectivity index (χ0v) is 8.75. The van der Waals surface area contributed by atoms with Gasteiger partial charge in [0.2, 0.25) is 0 Å². The van der Waals surface area contributed by atoms with E-state index in [-0.39, 0.29) is 5.60 Å². The first-order valence-electron chi connectivity index (χ1n) is 5.53. The van der Waals surface area contributed by atoms with Crippen LogP contribution >= 0.6 is 0 Å². The molecule has 1 saturated carbocycles. The second kappa shape index (κ2) is 3.25. The molecule has 1 saturated heterocycles. The molecule has 0 aromatic heterocycles. The van der Waals surface area contributed by atoms with Crippen molar-refractivity contribution in [2.75, 3.05) is 6.61 Å². The maximum Gasteiger partial charge on any atom is 0.0836 e. The molecule has 1 aliphatic carbocycles. The Hall–Kier alpha value is -0.0800. The van der Waals surface area contributed by atoms with Gasteiger partial charge in [-0.2, -0.15) is 0 Å². The molecule has 0 bridgehead atoms. The fourth-order valence-corrected chi connectivity index (χ4v) is 2.83. The quantitative estimate of drug-likeness (QED) is 0.623. The molecule has 2 N–H and O–H groups in total. The van der Waals surface area contributed by atoms with Gasteiger partial charge in [0.25, 0.3) is 0 Å². The smallest absolute Gasteiger partial charge is 0.0836 e. The molecule has 4 unspecified atom stereocenters. The normalized spacial score (nSPS) is 51.5. The fraction of sp³-hybridized carbons (Fsp3) is 1.00. The molecule has 2 aliphatic rings. The molecule has 2 nitrogen and oxygen atoms in total. The SMILES string of the molecule is CC1CCC2(CC1C)OCCC2N. The highest BCUT2D eigenvalue weighted by Gasteiger charge is 2.46. The second-order valence-corrected chi connectivity index (χ2v) is 5.01. The molecular formula is C11H21NO. The average Bonchev–Trinajstić information content (AvgIpc) is 2.42. The van der Waals surface area contributed by atoms with Crippen LogP contribution in [0.25, 0.3) is 0 Å². The van der Waals surface area contributed by atoms with Crippen LogP contribution in [0.3, 0.4) is 0 Å². The zero-order valence-electron chi connectivity index (χ0n) is 8.75. The van der Waals surface area contributed by atoms with E-state index < -0.39 is 0 Å². The highest BCUT2D eigenvalue weighted by molar-refractivity contribution is 4.99. The maximum absolute atomic E-state index is 6.13. The monoisotopic (exact) mass is 183 g/mol. The number of hydrogen-bond donors (Lipinski definition) is 1. The Kier molecular flexibility index (Phi) is 2.37. The van der Waals surface area contributed by atoms with Gasteiger partial charge in [0, 0.05) is 12.6 Å². The lowest BCUT2D eigenvalue weighted by Gasteiger charge is -2.42. The van der Waals surface area contributed by atoms with Gasteiger partial charge >= 0.3 is 0 Å². The maximum atomic E-state index is 6.13. The van der Waals surface area contributed by atoms with Crippen molar-refractivity contribution in [3.05, 3.63) is 0 Å². The summed E-state index contributed by atoms with van der Waals surface area (Å²) in [6, 6.07) is 0.294. The van der Waals surface area contributed by atoms with Crippen LogP contribution in [0.15, 0.2) is 0 Å². The van der Waals surface area contributed by atoms with Gasteiger partial charge in [0.15, 0.2) is 0 Å². The number of hydrogen-bond acceptors (Lipinski definition) is 2. The summed E-state index contributed by atoms with van der Waals surface area (Å²) in [5.74, 6) is 1.62. The van der Waals surface area contributed by atoms with E-state index in [1.54, 1.807) is 0 Å². The van der Waals surface area contributed by atoms with Crippen LogP contribution < -0.4 is 5.73 Å². The Morgan fingerprint density at radius 1 is 1.23 bits per heavy atom. The van der Waals surface area contributed by atoms with Crippen molar-refractivity contribution < 1.29 is 4.74 Å². The van der Waals surface area contributed by atoms with Gasteiger partial charge in [-0.25, -0.2) is 0 Å². The van der Waals surface area contributed by atoms with Crippen LogP contribution in [-0.4, -0.2) is 18.2 Å². The minimum absolute atomic E-state index is 0.0614. The molecule has 4 atom stereocenters. The molecule has 2 heteroatoms. The van der Waals surface area contributed by atoms with Crippen molar-refractivity contribution in [2.45, 2.75) is 51.2 Å². The van der Waals surface area contributed by atoms with Gasteiger partial charge in [-0.15, -0.1) is 0 Å². The summed E-state index contributed by atoms with van der Waals surface area (Å²) < 4.78 is 5.89. The highest BCUT2D eigenvalue weighted by Crippen LogP contribution is 2.43. The molecule has 0 amide bonds. The number of rotatable bonds is 0. The molecule has 0 aromatic rings. The summed E-state index contributed by atoms with van der Waals surface area (Å²) in [4.78, 5) is 0. The molecule has 2 fully saturated rings. The lowest BCUT2D eigenvalue weighted by molar-refractivity contribution is -0.0578. The Morgan fingerprint density at radius 3 is 2.54 bits per heavy atom. The molecule has 76 valence electrons. The van der Waals surface area contributed by atoms with E-state index in [2.05, 4.69) is 13.8 Å². The Labute approximate surface area is 80.8 Å². The lowest BCUT2D eigenvalue weighted by Crippen LogP contribution is -2.49. The van der Waals surface area contributed by atoms with Crippen LogP contribution in [0.2, 0.25) is 0 Å². The summed E-state index contributed by atoms with van der Waals surface area (Å²) in [6.07, 6.45) is 4.70. The number of ether oxygens (including phenoxy) is 1. The van der Waals surface area contributed by atoms with Gasteiger partial charge in [-0.05, 0) is 37.5 Å². The van der Waals surface area contributed by atoms with Crippen LogP contribution in [0.1, 0.15) is 39.5 Å². The standard InChI is InChI=1S/C11H21NO/c1-8-3-5-11(7-9(8)2)10(12)4-6-13-11/h8-10H,3-7,12H2,1-2H3. The fourth-order valence-electron chi connectivity index (χ4n) is 2.83. The van der Waals surface area contributed by atoms with E-state index in [9.17, 15) is 0 Å². The van der Waals surface area contributed by atoms with Crippen LogP contribution in [0.4, 0.5) is 0 Å². The molecular weight excluding hydrogens is 162 g/mol. The van der Waals surface area contributed by atoms with Gasteiger partial charge in [-0.1, -0.05) is 13.8 Å². The molecule has 1 spiro atoms. The average molecular weight is 183 g/mol. The van der Waals surface area contributed by atoms with E-state index in [0.717, 1.165) is 24.9 Å². The third-order valence-corrected chi connectivity index (χ3v) is 4.16.